The molecule has 0 radical (unpaired) electrons. The maximum Gasteiger partial charge on any atom is 0.317 e. The quantitative estimate of drug-likeness (QED) is 0.723. The van der Waals surface area contributed by atoms with Crippen LogP contribution in [0, 0.1) is 5.92 Å². The van der Waals surface area contributed by atoms with Crippen molar-refractivity contribution in [3.63, 3.8) is 0 Å². The van der Waals surface area contributed by atoms with Crippen LogP contribution in [0.4, 0.5) is 0 Å². The van der Waals surface area contributed by atoms with Gasteiger partial charge in [-0.2, -0.15) is 5.10 Å². The summed E-state index contributed by atoms with van der Waals surface area (Å²) >= 11 is 0. The number of carboxylic acid groups (broad SMARTS) is 1. The van der Waals surface area contributed by atoms with Gasteiger partial charge in [0.15, 0.2) is 0 Å². The van der Waals surface area contributed by atoms with E-state index in [-0.39, 0.29) is 6.54 Å². The topological polar surface area (TPSA) is 70.4 Å². The third-order valence-electron chi connectivity index (χ3n) is 5.39. The zero-order valence-corrected chi connectivity index (χ0v) is 14.9. The second-order valence-corrected chi connectivity index (χ2v) is 7.56. The molecule has 2 saturated carbocycles. The molecule has 0 saturated heterocycles. The van der Waals surface area contributed by atoms with Crippen molar-refractivity contribution in [2.24, 2.45) is 5.92 Å². The number of aromatic nitrogens is 2. The number of nitrogens with zero attached hydrogens (tertiary/aromatic N) is 3. The van der Waals surface area contributed by atoms with Gasteiger partial charge in [0.1, 0.15) is 0 Å². The fourth-order valence-electron chi connectivity index (χ4n) is 3.63. The van der Waals surface area contributed by atoms with Gasteiger partial charge in [0.25, 0.3) is 0 Å². The summed E-state index contributed by atoms with van der Waals surface area (Å²) in [4.78, 5) is 13.3. The molecule has 2 aliphatic rings. The summed E-state index contributed by atoms with van der Waals surface area (Å²) in [6.45, 7) is 1.87. The van der Waals surface area contributed by atoms with Crippen LogP contribution in [0.3, 0.4) is 0 Å². The van der Waals surface area contributed by atoms with E-state index in [1.807, 2.05) is 47.3 Å². The summed E-state index contributed by atoms with van der Waals surface area (Å²) < 4.78 is 1.89. The van der Waals surface area contributed by atoms with Crippen molar-refractivity contribution in [2.45, 2.75) is 44.3 Å². The SMILES string of the molecule is O=C(O)CN(CC1CC1)C1CC(NCc2ccn(-c3ccccc3)n2)C1. The molecule has 2 aliphatic carbocycles. The van der Waals surface area contributed by atoms with Gasteiger partial charge in [-0.05, 0) is 49.8 Å². The summed E-state index contributed by atoms with van der Waals surface area (Å²) in [5.41, 5.74) is 2.09. The first-order valence-corrected chi connectivity index (χ1v) is 9.46. The molecule has 6 nitrogen and oxygen atoms in total. The van der Waals surface area contributed by atoms with E-state index in [9.17, 15) is 4.79 Å². The van der Waals surface area contributed by atoms with Crippen LogP contribution in [0.15, 0.2) is 42.6 Å². The lowest BCUT2D eigenvalue weighted by Gasteiger charge is -2.43. The monoisotopic (exact) mass is 354 g/mol. The standard InChI is InChI=1S/C20H26N4O2/c25-20(26)14-23(13-15-6-7-15)19-10-17(11-19)21-12-16-8-9-24(22-16)18-4-2-1-3-5-18/h1-5,8-9,15,17,19,21H,6-7,10-14H2,(H,25,26). The van der Waals surface area contributed by atoms with Crippen LogP contribution in [0.2, 0.25) is 0 Å². The Hall–Kier alpha value is -2.18. The average Bonchev–Trinajstić information content (AvgIpc) is 3.28. The summed E-state index contributed by atoms with van der Waals surface area (Å²) in [5.74, 6) is 0.0109. The van der Waals surface area contributed by atoms with Gasteiger partial charge in [-0.15, -0.1) is 0 Å². The Labute approximate surface area is 153 Å². The summed E-state index contributed by atoms with van der Waals surface area (Å²) in [7, 11) is 0. The molecule has 2 aromatic rings. The van der Waals surface area contributed by atoms with Crippen LogP contribution in [0.25, 0.3) is 5.69 Å². The molecule has 0 unspecified atom stereocenters. The van der Waals surface area contributed by atoms with Crippen LogP contribution in [0.5, 0.6) is 0 Å². The number of carbonyl (C=O) groups is 1. The van der Waals surface area contributed by atoms with E-state index in [1.54, 1.807) is 0 Å². The minimum atomic E-state index is -0.714. The van der Waals surface area contributed by atoms with Crippen molar-refractivity contribution in [2.75, 3.05) is 13.1 Å². The fraction of sp³-hybridized carbons (Fsp3) is 0.500. The van der Waals surface area contributed by atoms with Crippen molar-refractivity contribution < 1.29 is 9.90 Å². The summed E-state index contributed by atoms with van der Waals surface area (Å²) in [6, 6.07) is 13.0. The number of nitrogens with one attached hydrogen (secondary N) is 1. The highest BCUT2D eigenvalue weighted by atomic mass is 16.4. The van der Waals surface area contributed by atoms with Gasteiger partial charge < -0.3 is 10.4 Å². The van der Waals surface area contributed by atoms with E-state index in [2.05, 4.69) is 15.3 Å². The molecule has 26 heavy (non-hydrogen) atoms. The minimum absolute atomic E-state index is 0.176. The number of hydrogen-bond donors (Lipinski definition) is 2. The van der Waals surface area contributed by atoms with Crippen LogP contribution in [0.1, 0.15) is 31.4 Å². The lowest BCUT2D eigenvalue weighted by molar-refractivity contribution is -0.139. The molecule has 1 heterocycles. The van der Waals surface area contributed by atoms with Crippen LogP contribution >= 0.6 is 0 Å². The zero-order valence-electron chi connectivity index (χ0n) is 14.9. The highest BCUT2D eigenvalue weighted by molar-refractivity contribution is 5.69. The number of rotatable bonds is 9. The predicted octanol–water partition coefficient (Wildman–Crippen LogP) is 2.29. The molecule has 2 N–H and O–H groups in total. The van der Waals surface area contributed by atoms with Gasteiger partial charge in [0.05, 0.1) is 17.9 Å². The van der Waals surface area contributed by atoms with E-state index in [0.717, 1.165) is 43.2 Å². The van der Waals surface area contributed by atoms with Crippen LogP contribution in [-0.2, 0) is 11.3 Å². The highest BCUT2D eigenvalue weighted by Gasteiger charge is 2.36. The van der Waals surface area contributed by atoms with Crippen molar-refractivity contribution in [3.05, 3.63) is 48.3 Å². The van der Waals surface area contributed by atoms with E-state index in [4.69, 9.17) is 5.11 Å². The third kappa shape index (κ3) is 4.31. The lowest BCUT2D eigenvalue weighted by atomic mass is 9.85. The zero-order chi connectivity index (χ0) is 17.9. The first-order chi connectivity index (χ1) is 12.7. The van der Waals surface area contributed by atoms with Crippen molar-refractivity contribution >= 4 is 5.97 Å². The number of para-hydroxylation sites is 1. The Kier molecular flexibility index (Phi) is 5.04. The average molecular weight is 354 g/mol. The minimum Gasteiger partial charge on any atom is -0.480 e. The molecule has 0 bridgehead atoms. The molecule has 0 aliphatic heterocycles. The molecule has 4 rings (SSSR count). The second kappa shape index (κ2) is 7.60. The number of carboxylic acids is 1. The Morgan fingerprint density at radius 3 is 2.69 bits per heavy atom. The molecule has 0 amide bonds. The molecule has 138 valence electrons. The molecular formula is C20H26N4O2. The first kappa shape index (κ1) is 17.2. The first-order valence-electron chi connectivity index (χ1n) is 9.46. The van der Waals surface area contributed by atoms with E-state index in [1.165, 1.54) is 12.8 Å². The molecule has 6 heteroatoms. The molecule has 2 fully saturated rings. The molecular weight excluding hydrogens is 328 g/mol. The smallest absolute Gasteiger partial charge is 0.317 e. The molecule has 0 atom stereocenters. The Morgan fingerprint density at radius 1 is 1.23 bits per heavy atom. The predicted molar refractivity (Wildman–Crippen MR) is 99.1 cm³/mol. The summed E-state index contributed by atoms with van der Waals surface area (Å²) in [5, 5.41) is 17.3. The molecule has 0 spiro atoms. The van der Waals surface area contributed by atoms with Crippen LogP contribution in [-0.4, -0.2) is 50.9 Å². The lowest BCUT2D eigenvalue weighted by Crippen LogP contribution is -2.54. The van der Waals surface area contributed by atoms with Gasteiger partial charge in [-0.25, -0.2) is 4.68 Å². The molecule has 1 aromatic carbocycles. The Bertz CT molecular complexity index is 735. The third-order valence-corrected chi connectivity index (χ3v) is 5.39. The Balaban J connectivity index is 1.24. The van der Waals surface area contributed by atoms with Gasteiger partial charge in [-0.1, -0.05) is 18.2 Å². The van der Waals surface area contributed by atoms with Crippen molar-refractivity contribution in [1.82, 2.24) is 20.0 Å². The molecule has 1 aromatic heterocycles. The normalized spacial score (nSPS) is 22.3. The van der Waals surface area contributed by atoms with Crippen molar-refractivity contribution in [1.29, 1.82) is 0 Å². The number of aliphatic carboxylic acids is 1. The van der Waals surface area contributed by atoms with Gasteiger partial charge >= 0.3 is 5.97 Å². The van der Waals surface area contributed by atoms with E-state index >= 15 is 0 Å². The maximum atomic E-state index is 11.1. The summed E-state index contributed by atoms with van der Waals surface area (Å²) in [6.07, 6.45) is 6.56. The van der Waals surface area contributed by atoms with E-state index in [0.29, 0.717) is 12.1 Å². The maximum absolute atomic E-state index is 11.1. The Morgan fingerprint density at radius 2 is 2.00 bits per heavy atom. The number of benzene rings is 1. The van der Waals surface area contributed by atoms with Gasteiger partial charge in [0.2, 0.25) is 0 Å². The number of hydrogen-bond acceptors (Lipinski definition) is 4. The van der Waals surface area contributed by atoms with E-state index < -0.39 is 5.97 Å². The fourth-order valence-corrected chi connectivity index (χ4v) is 3.63. The van der Waals surface area contributed by atoms with Gasteiger partial charge in [-0.3, -0.25) is 9.69 Å². The second-order valence-electron chi connectivity index (χ2n) is 7.56. The van der Waals surface area contributed by atoms with Gasteiger partial charge in [0, 0.05) is 31.4 Å². The highest BCUT2D eigenvalue weighted by Crippen LogP contribution is 2.33. The largest absolute Gasteiger partial charge is 0.480 e. The van der Waals surface area contributed by atoms with Crippen LogP contribution < -0.4 is 5.32 Å². The van der Waals surface area contributed by atoms with Crippen molar-refractivity contribution in [3.8, 4) is 5.69 Å².